The normalized spacial score (nSPS) is 11.7. The number of rotatable bonds is 4. The van der Waals surface area contributed by atoms with Crippen LogP contribution < -0.4 is 35.3 Å². The monoisotopic (exact) mass is 215 g/mol. The maximum Gasteiger partial charge on any atom is 1.00 e. The van der Waals surface area contributed by atoms with Gasteiger partial charge >= 0.3 is 29.6 Å². The SMILES string of the molecule is CC(N=C=N)C(C)(C)CCN.Cl.[H-].[Na+]. The Morgan fingerprint density at radius 3 is 2.38 bits per heavy atom. The fourth-order valence-corrected chi connectivity index (χ4v) is 0.852. The van der Waals surface area contributed by atoms with Crippen LogP contribution in [0.25, 0.3) is 0 Å². The molecule has 0 saturated heterocycles. The molecule has 5 heteroatoms. The summed E-state index contributed by atoms with van der Waals surface area (Å²) in [6.07, 6.45) is 0.930. The van der Waals surface area contributed by atoms with Gasteiger partial charge in [0.15, 0.2) is 0 Å². The number of aliphatic imine (C=N–C) groups is 1. The first-order valence-electron chi connectivity index (χ1n) is 3.86. The Bertz CT molecular complexity index is 172. The summed E-state index contributed by atoms with van der Waals surface area (Å²) in [6, 6.07) is 2.19. The predicted octanol–water partition coefficient (Wildman–Crippen LogP) is -0.959. The van der Waals surface area contributed by atoms with E-state index in [1.165, 1.54) is 0 Å². The van der Waals surface area contributed by atoms with E-state index >= 15 is 0 Å². The molecule has 1 unspecified atom stereocenters. The summed E-state index contributed by atoms with van der Waals surface area (Å²) in [7, 11) is 0. The molecule has 3 nitrogen and oxygen atoms in total. The standard InChI is InChI=1S/C8H17N3.ClH.Na.H/c1-7(11-6-10)8(2,3)4-5-9;;;/h7,10H,4-5,9H2,1-3H3;1H;;/q;;+1;-1. The molecule has 74 valence electrons. The molecule has 0 bridgehead atoms. The van der Waals surface area contributed by atoms with Crippen LogP contribution in [-0.2, 0) is 0 Å². The van der Waals surface area contributed by atoms with Crippen LogP contribution in [0.1, 0.15) is 28.6 Å². The molecule has 13 heavy (non-hydrogen) atoms. The van der Waals surface area contributed by atoms with Crippen LogP contribution in [0, 0.1) is 10.8 Å². The number of hydrogen-bond acceptors (Lipinski definition) is 3. The third-order valence-electron chi connectivity index (χ3n) is 2.18. The molecule has 0 aromatic heterocycles. The molecule has 0 amide bonds. The summed E-state index contributed by atoms with van der Waals surface area (Å²) in [5, 5.41) is 6.70. The van der Waals surface area contributed by atoms with Crippen molar-refractivity contribution in [2.24, 2.45) is 16.1 Å². The van der Waals surface area contributed by atoms with Crippen molar-refractivity contribution in [3.05, 3.63) is 0 Å². The van der Waals surface area contributed by atoms with Crippen LogP contribution in [0.3, 0.4) is 0 Å². The zero-order valence-electron chi connectivity index (χ0n) is 9.92. The van der Waals surface area contributed by atoms with Crippen molar-refractivity contribution in [1.29, 1.82) is 5.41 Å². The van der Waals surface area contributed by atoms with Crippen molar-refractivity contribution in [2.75, 3.05) is 6.54 Å². The van der Waals surface area contributed by atoms with Crippen LogP contribution in [-0.4, -0.2) is 18.6 Å². The third kappa shape index (κ3) is 7.68. The summed E-state index contributed by atoms with van der Waals surface area (Å²) in [5.41, 5.74) is 5.53. The molecule has 1 atom stereocenters. The van der Waals surface area contributed by atoms with Gasteiger partial charge in [0.05, 0.1) is 12.1 Å². The van der Waals surface area contributed by atoms with E-state index in [1.807, 2.05) is 6.92 Å². The second-order valence-electron chi connectivity index (χ2n) is 3.44. The molecular weight excluding hydrogens is 197 g/mol. The maximum atomic E-state index is 6.70. The van der Waals surface area contributed by atoms with Crippen LogP contribution in [0.2, 0.25) is 0 Å². The zero-order chi connectivity index (χ0) is 8.91. The van der Waals surface area contributed by atoms with Gasteiger partial charge in [0.1, 0.15) is 0 Å². The summed E-state index contributed by atoms with van der Waals surface area (Å²) < 4.78 is 0. The Labute approximate surface area is 110 Å². The molecule has 0 saturated carbocycles. The average Bonchev–Trinajstić information content (AvgIpc) is 1.88. The van der Waals surface area contributed by atoms with Crippen LogP contribution in [0.15, 0.2) is 4.99 Å². The second-order valence-corrected chi connectivity index (χ2v) is 3.44. The largest absolute Gasteiger partial charge is 1.00 e. The van der Waals surface area contributed by atoms with Gasteiger partial charge in [-0.1, -0.05) is 13.8 Å². The van der Waals surface area contributed by atoms with Gasteiger partial charge in [-0.05, 0) is 25.3 Å². The number of nitrogens with one attached hydrogen (secondary N) is 1. The molecule has 0 aromatic rings. The van der Waals surface area contributed by atoms with E-state index in [2.05, 4.69) is 24.8 Å². The minimum atomic E-state index is 0. The minimum Gasteiger partial charge on any atom is -1.00 e. The molecule has 0 radical (unpaired) electrons. The first-order valence-corrected chi connectivity index (χ1v) is 3.86. The molecule has 0 aliphatic heterocycles. The van der Waals surface area contributed by atoms with Gasteiger partial charge in [0.25, 0.3) is 0 Å². The summed E-state index contributed by atoms with van der Waals surface area (Å²) in [6.45, 7) is 6.86. The Hall–Kier alpha value is 0.630. The molecule has 3 N–H and O–H groups in total. The smallest absolute Gasteiger partial charge is 1.00 e. The topological polar surface area (TPSA) is 62.2 Å². The Morgan fingerprint density at radius 1 is 1.62 bits per heavy atom. The molecule has 0 aromatic carbocycles. The van der Waals surface area contributed by atoms with Gasteiger partial charge in [0.2, 0.25) is 0 Å². The quantitative estimate of drug-likeness (QED) is 0.461. The van der Waals surface area contributed by atoms with Crippen molar-refractivity contribution < 1.29 is 31.0 Å². The van der Waals surface area contributed by atoms with Crippen molar-refractivity contribution >= 4 is 18.4 Å². The van der Waals surface area contributed by atoms with E-state index in [-0.39, 0.29) is 54.8 Å². The molecule has 0 aliphatic rings. The van der Waals surface area contributed by atoms with Crippen molar-refractivity contribution in [1.82, 2.24) is 0 Å². The van der Waals surface area contributed by atoms with E-state index in [4.69, 9.17) is 11.1 Å². The van der Waals surface area contributed by atoms with Gasteiger partial charge in [-0.3, -0.25) is 0 Å². The Balaban J connectivity index is -0.000000167. The van der Waals surface area contributed by atoms with Gasteiger partial charge in [-0.15, -0.1) is 12.4 Å². The number of hydrogen-bond donors (Lipinski definition) is 2. The van der Waals surface area contributed by atoms with E-state index < -0.39 is 0 Å². The predicted molar refractivity (Wildman–Crippen MR) is 55.4 cm³/mol. The van der Waals surface area contributed by atoms with Crippen molar-refractivity contribution in [3.63, 3.8) is 0 Å². The number of nitrogens with two attached hydrogens (primary N) is 1. The summed E-state index contributed by atoms with van der Waals surface area (Å²) in [4.78, 5) is 3.88. The molecule has 0 aliphatic carbocycles. The molecule has 0 fully saturated rings. The Morgan fingerprint density at radius 2 is 2.08 bits per heavy atom. The number of halogens is 1. The van der Waals surface area contributed by atoms with Gasteiger partial charge in [-0.2, -0.15) is 0 Å². The van der Waals surface area contributed by atoms with E-state index in [0.29, 0.717) is 6.54 Å². The van der Waals surface area contributed by atoms with E-state index in [1.54, 1.807) is 0 Å². The fraction of sp³-hybridized carbons (Fsp3) is 0.875. The van der Waals surface area contributed by atoms with Gasteiger partial charge in [-0.25, -0.2) is 10.4 Å². The van der Waals surface area contributed by atoms with E-state index in [9.17, 15) is 0 Å². The molecule has 0 spiro atoms. The van der Waals surface area contributed by atoms with Crippen LogP contribution >= 0.6 is 12.4 Å². The van der Waals surface area contributed by atoms with Crippen LogP contribution in [0.5, 0.6) is 0 Å². The summed E-state index contributed by atoms with van der Waals surface area (Å²) >= 11 is 0. The maximum absolute atomic E-state index is 6.70. The average molecular weight is 216 g/mol. The fourth-order valence-electron chi connectivity index (χ4n) is 0.852. The minimum absolute atomic E-state index is 0. The van der Waals surface area contributed by atoms with Crippen LogP contribution in [0.4, 0.5) is 0 Å². The first-order chi connectivity index (χ1) is 5.04. The first kappa shape index (κ1) is 19.2. The van der Waals surface area contributed by atoms with Gasteiger partial charge in [0, 0.05) is 0 Å². The third-order valence-corrected chi connectivity index (χ3v) is 2.18. The van der Waals surface area contributed by atoms with Crippen molar-refractivity contribution in [3.8, 4) is 0 Å². The summed E-state index contributed by atoms with van der Waals surface area (Å²) in [5.74, 6) is 0. The van der Waals surface area contributed by atoms with Crippen molar-refractivity contribution in [2.45, 2.75) is 33.2 Å². The second kappa shape index (κ2) is 9.20. The Kier molecular flexibility index (Phi) is 13.6. The molecule has 0 heterocycles. The zero-order valence-corrected chi connectivity index (χ0v) is 11.7. The van der Waals surface area contributed by atoms with Gasteiger partial charge < -0.3 is 7.16 Å². The number of nitrogens with zero attached hydrogens (tertiary/aromatic N) is 1. The molecule has 0 rings (SSSR count). The molecular formula is C8H19ClN3Na. The van der Waals surface area contributed by atoms with E-state index in [0.717, 1.165) is 6.42 Å².